The molecule has 0 fully saturated rings. The van der Waals surface area contributed by atoms with E-state index in [1.807, 2.05) is 48.7 Å². The summed E-state index contributed by atoms with van der Waals surface area (Å²) in [4.78, 5) is 0.257. The molecule has 5 heteroatoms. The first-order valence-electron chi connectivity index (χ1n) is 6.35. The Hall–Kier alpha value is -2.17. The third kappa shape index (κ3) is 2.68. The number of hydrogen-bond donors (Lipinski definition) is 1. The van der Waals surface area contributed by atoms with Gasteiger partial charge in [0.05, 0.1) is 22.5 Å². The van der Waals surface area contributed by atoms with Gasteiger partial charge in [-0.2, -0.15) is 5.10 Å². The Morgan fingerprint density at radius 2 is 1.81 bits per heavy atom. The van der Waals surface area contributed by atoms with Crippen LogP contribution in [-0.4, -0.2) is 14.8 Å². The van der Waals surface area contributed by atoms with Crippen molar-refractivity contribution in [2.45, 2.75) is 0 Å². The van der Waals surface area contributed by atoms with Crippen molar-refractivity contribution in [1.29, 1.82) is 0 Å². The second kappa shape index (κ2) is 5.68. The molecule has 104 valence electrons. The molecule has 0 radical (unpaired) electrons. The summed E-state index contributed by atoms with van der Waals surface area (Å²) >= 11 is 11.3. The van der Waals surface area contributed by atoms with E-state index < -0.39 is 0 Å². The normalized spacial score (nSPS) is 10.5. The van der Waals surface area contributed by atoms with Gasteiger partial charge in [0, 0.05) is 11.8 Å². The van der Waals surface area contributed by atoms with Crippen LogP contribution >= 0.6 is 23.8 Å². The lowest BCUT2D eigenvalue weighted by atomic mass is 10.1. The summed E-state index contributed by atoms with van der Waals surface area (Å²) in [7, 11) is 0. The SMILES string of the molecule is NC(=S)c1c(Cl)cccc1-n1cc(-c2ccccc2)cn1. The van der Waals surface area contributed by atoms with Crippen LogP contribution in [0, 0.1) is 0 Å². The van der Waals surface area contributed by atoms with Crippen LogP contribution in [-0.2, 0) is 0 Å². The van der Waals surface area contributed by atoms with Gasteiger partial charge < -0.3 is 5.73 Å². The number of thiocarbonyl (C=S) groups is 1. The average molecular weight is 314 g/mol. The highest BCUT2D eigenvalue weighted by atomic mass is 35.5. The van der Waals surface area contributed by atoms with Crippen molar-refractivity contribution in [2.75, 3.05) is 0 Å². The van der Waals surface area contributed by atoms with Crippen molar-refractivity contribution in [2.24, 2.45) is 5.73 Å². The molecule has 0 unspecified atom stereocenters. The van der Waals surface area contributed by atoms with E-state index in [2.05, 4.69) is 5.10 Å². The van der Waals surface area contributed by atoms with Crippen molar-refractivity contribution >= 4 is 28.8 Å². The van der Waals surface area contributed by atoms with Crippen LogP contribution in [0.2, 0.25) is 5.02 Å². The third-order valence-corrected chi connectivity index (χ3v) is 3.69. The number of benzene rings is 2. The molecule has 0 saturated carbocycles. The van der Waals surface area contributed by atoms with E-state index in [9.17, 15) is 0 Å². The van der Waals surface area contributed by atoms with Crippen LogP contribution in [0.15, 0.2) is 60.9 Å². The molecule has 0 aliphatic heterocycles. The summed E-state index contributed by atoms with van der Waals surface area (Å²) in [5, 5.41) is 4.91. The number of rotatable bonds is 3. The third-order valence-electron chi connectivity index (χ3n) is 3.17. The van der Waals surface area contributed by atoms with Gasteiger partial charge in [-0.15, -0.1) is 0 Å². The van der Waals surface area contributed by atoms with Gasteiger partial charge in [0.2, 0.25) is 0 Å². The molecule has 2 N–H and O–H groups in total. The van der Waals surface area contributed by atoms with Crippen LogP contribution in [0.5, 0.6) is 0 Å². The van der Waals surface area contributed by atoms with Crippen molar-refractivity contribution in [1.82, 2.24) is 9.78 Å². The van der Waals surface area contributed by atoms with E-state index in [1.54, 1.807) is 16.9 Å². The lowest BCUT2D eigenvalue weighted by molar-refractivity contribution is 0.879. The maximum absolute atomic E-state index is 6.19. The van der Waals surface area contributed by atoms with E-state index >= 15 is 0 Å². The molecule has 0 aliphatic carbocycles. The summed E-state index contributed by atoms with van der Waals surface area (Å²) in [5.74, 6) is 0. The largest absolute Gasteiger partial charge is 0.389 e. The molecule has 0 bridgehead atoms. The molecule has 3 aromatic rings. The predicted octanol–water partition coefficient (Wildman–Crippen LogP) is 3.83. The number of nitrogens with zero attached hydrogens (tertiary/aromatic N) is 2. The molecular formula is C16H12ClN3S. The van der Waals surface area contributed by atoms with Gasteiger partial charge in [0.25, 0.3) is 0 Å². The number of nitrogens with two attached hydrogens (primary N) is 1. The second-order valence-electron chi connectivity index (χ2n) is 4.54. The smallest absolute Gasteiger partial charge is 0.107 e. The highest BCUT2D eigenvalue weighted by Gasteiger charge is 2.12. The van der Waals surface area contributed by atoms with Crippen molar-refractivity contribution in [3.05, 3.63) is 71.5 Å². The zero-order valence-corrected chi connectivity index (χ0v) is 12.6. The lowest BCUT2D eigenvalue weighted by Crippen LogP contribution is -2.14. The first kappa shape index (κ1) is 13.8. The number of aromatic nitrogens is 2. The molecule has 0 amide bonds. The van der Waals surface area contributed by atoms with Crippen molar-refractivity contribution in [3.8, 4) is 16.8 Å². The first-order valence-corrected chi connectivity index (χ1v) is 7.14. The summed E-state index contributed by atoms with van der Waals surface area (Å²) in [6, 6.07) is 15.5. The minimum absolute atomic E-state index is 0.257. The fraction of sp³-hybridized carbons (Fsp3) is 0. The topological polar surface area (TPSA) is 43.8 Å². The molecule has 0 aliphatic rings. The Balaban J connectivity index is 2.09. The molecular weight excluding hydrogens is 302 g/mol. The number of hydrogen-bond acceptors (Lipinski definition) is 2. The van der Waals surface area contributed by atoms with E-state index in [0.717, 1.165) is 16.8 Å². The molecule has 2 aromatic carbocycles. The molecule has 0 saturated heterocycles. The van der Waals surface area contributed by atoms with Crippen LogP contribution in [0.1, 0.15) is 5.56 Å². The van der Waals surface area contributed by atoms with E-state index in [4.69, 9.17) is 29.6 Å². The average Bonchev–Trinajstić information content (AvgIpc) is 2.97. The summed E-state index contributed by atoms with van der Waals surface area (Å²) in [6.45, 7) is 0. The Morgan fingerprint density at radius 3 is 2.52 bits per heavy atom. The molecule has 0 spiro atoms. The first-order chi connectivity index (χ1) is 10.2. The molecule has 0 atom stereocenters. The summed E-state index contributed by atoms with van der Waals surface area (Å²) < 4.78 is 1.74. The fourth-order valence-electron chi connectivity index (χ4n) is 2.18. The molecule has 1 heterocycles. The van der Waals surface area contributed by atoms with Gasteiger partial charge in [-0.05, 0) is 17.7 Å². The fourth-order valence-corrected chi connectivity index (χ4v) is 2.72. The predicted molar refractivity (Wildman–Crippen MR) is 89.9 cm³/mol. The standard InChI is InChI=1S/C16H12ClN3S/c17-13-7-4-8-14(15(13)16(18)21)20-10-12(9-19-20)11-5-2-1-3-6-11/h1-10H,(H2,18,21). The van der Waals surface area contributed by atoms with Crippen LogP contribution in [0.3, 0.4) is 0 Å². The van der Waals surface area contributed by atoms with Crippen LogP contribution < -0.4 is 5.73 Å². The highest BCUT2D eigenvalue weighted by molar-refractivity contribution is 7.80. The summed E-state index contributed by atoms with van der Waals surface area (Å²) in [5.41, 5.74) is 9.31. The Morgan fingerprint density at radius 1 is 1.05 bits per heavy atom. The molecule has 1 aromatic heterocycles. The van der Waals surface area contributed by atoms with Crippen molar-refractivity contribution < 1.29 is 0 Å². The minimum Gasteiger partial charge on any atom is -0.389 e. The number of halogens is 1. The Bertz CT molecular complexity index is 796. The van der Waals surface area contributed by atoms with Gasteiger partial charge in [-0.25, -0.2) is 4.68 Å². The van der Waals surface area contributed by atoms with Gasteiger partial charge >= 0.3 is 0 Å². The van der Waals surface area contributed by atoms with Crippen LogP contribution in [0.25, 0.3) is 16.8 Å². The maximum atomic E-state index is 6.19. The monoisotopic (exact) mass is 313 g/mol. The second-order valence-corrected chi connectivity index (χ2v) is 5.38. The molecule has 21 heavy (non-hydrogen) atoms. The quantitative estimate of drug-likeness (QED) is 0.747. The highest BCUT2D eigenvalue weighted by Crippen LogP contribution is 2.25. The Labute approximate surface area is 133 Å². The van der Waals surface area contributed by atoms with E-state index in [-0.39, 0.29) is 4.99 Å². The van der Waals surface area contributed by atoms with E-state index in [1.165, 1.54) is 0 Å². The molecule has 3 rings (SSSR count). The van der Waals surface area contributed by atoms with E-state index in [0.29, 0.717) is 10.6 Å². The van der Waals surface area contributed by atoms with Gasteiger partial charge in [-0.3, -0.25) is 0 Å². The zero-order chi connectivity index (χ0) is 14.8. The Kier molecular flexibility index (Phi) is 3.73. The maximum Gasteiger partial charge on any atom is 0.107 e. The zero-order valence-electron chi connectivity index (χ0n) is 11.0. The minimum atomic E-state index is 0.257. The van der Waals surface area contributed by atoms with Gasteiger partial charge in [0.15, 0.2) is 0 Å². The van der Waals surface area contributed by atoms with Gasteiger partial charge in [-0.1, -0.05) is 60.2 Å². The van der Waals surface area contributed by atoms with Crippen LogP contribution in [0.4, 0.5) is 0 Å². The lowest BCUT2D eigenvalue weighted by Gasteiger charge is -2.09. The van der Waals surface area contributed by atoms with Gasteiger partial charge in [0.1, 0.15) is 4.99 Å². The summed E-state index contributed by atoms with van der Waals surface area (Å²) in [6.07, 6.45) is 3.74. The molecule has 3 nitrogen and oxygen atoms in total. The van der Waals surface area contributed by atoms with Crippen molar-refractivity contribution in [3.63, 3.8) is 0 Å².